The second-order valence-corrected chi connectivity index (χ2v) is 7.15. The summed E-state index contributed by atoms with van der Waals surface area (Å²) in [6, 6.07) is 8.42. The Morgan fingerprint density at radius 3 is 2.35 bits per heavy atom. The molecule has 0 spiro atoms. The van der Waals surface area contributed by atoms with Crippen molar-refractivity contribution in [1.82, 2.24) is 4.90 Å². The summed E-state index contributed by atoms with van der Waals surface area (Å²) in [6.45, 7) is 13.1. The van der Waals surface area contributed by atoms with E-state index in [1.54, 1.807) is 20.8 Å². The Balaban J connectivity index is 0.000000533. The number of benzene rings is 1. The minimum Gasteiger partial charge on any atom is -0.444 e. The molecule has 0 aliphatic carbocycles. The van der Waals surface area contributed by atoms with Crippen molar-refractivity contribution in [3.05, 3.63) is 35.4 Å². The van der Waals surface area contributed by atoms with Crippen molar-refractivity contribution in [2.75, 3.05) is 6.54 Å². The number of hydrogen-bond acceptors (Lipinski definition) is 3. The summed E-state index contributed by atoms with van der Waals surface area (Å²) in [6.07, 6.45) is 3.40. The Labute approximate surface area is 158 Å². The van der Waals surface area contributed by atoms with E-state index in [9.17, 15) is 9.59 Å². The van der Waals surface area contributed by atoms with Gasteiger partial charge in [0.2, 0.25) is 5.91 Å². The monoisotopic (exact) mass is 364 g/mol. The van der Waals surface area contributed by atoms with Crippen LogP contribution in [0.4, 0.5) is 4.79 Å². The van der Waals surface area contributed by atoms with Gasteiger partial charge in [-0.25, -0.2) is 4.79 Å². The minimum atomic E-state index is -0.725. The van der Waals surface area contributed by atoms with Gasteiger partial charge in [0.15, 0.2) is 0 Å². The summed E-state index contributed by atoms with van der Waals surface area (Å²) >= 11 is 0. The Morgan fingerprint density at radius 1 is 1.19 bits per heavy atom. The number of primary amides is 1. The third-order valence-electron chi connectivity index (χ3n) is 3.53. The maximum absolute atomic E-state index is 11.8. The predicted octanol–water partition coefficient (Wildman–Crippen LogP) is 4.80. The zero-order chi connectivity index (χ0) is 20.2. The molecule has 1 aromatic carbocycles. The highest BCUT2D eigenvalue weighted by molar-refractivity contribution is 5.76. The van der Waals surface area contributed by atoms with Crippen molar-refractivity contribution in [3.8, 4) is 0 Å². The van der Waals surface area contributed by atoms with E-state index in [1.165, 1.54) is 17.5 Å². The zero-order valence-electron chi connectivity index (χ0n) is 17.3. The molecule has 0 unspecified atom stereocenters. The molecule has 0 bridgehead atoms. The number of rotatable bonds is 2. The topological polar surface area (TPSA) is 72.6 Å². The number of nitrogens with two attached hydrogens (primary N) is 1. The molecule has 148 valence electrons. The standard InChI is InChI=1S/C14H19NO.C5H11NO2.C2H6/c1-12-6-5-7-13(10-12)11-15-9-4-2-3-8-14(15)16;1-5(2,3)8-4(6)7;1-2/h5-7,10H,2-4,8-9,11H2,1H3;1-3H3,(H2,6,7);1-2H3. The van der Waals surface area contributed by atoms with Crippen LogP contribution in [0.3, 0.4) is 0 Å². The molecule has 5 heteroatoms. The highest BCUT2D eigenvalue weighted by atomic mass is 16.6. The van der Waals surface area contributed by atoms with Crippen molar-refractivity contribution >= 4 is 12.0 Å². The van der Waals surface area contributed by atoms with Crippen molar-refractivity contribution in [2.24, 2.45) is 5.73 Å². The van der Waals surface area contributed by atoms with Gasteiger partial charge in [0.25, 0.3) is 0 Å². The average molecular weight is 365 g/mol. The van der Waals surface area contributed by atoms with E-state index < -0.39 is 11.7 Å². The molecule has 1 saturated heterocycles. The zero-order valence-corrected chi connectivity index (χ0v) is 17.3. The first kappa shape index (κ1) is 24.0. The molecule has 1 aliphatic rings. The highest BCUT2D eigenvalue weighted by Crippen LogP contribution is 2.15. The predicted molar refractivity (Wildman–Crippen MR) is 107 cm³/mol. The minimum absolute atomic E-state index is 0.319. The third kappa shape index (κ3) is 11.5. The molecule has 2 rings (SSSR count). The Hall–Kier alpha value is -2.04. The number of amides is 2. The van der Waals surface area contributed by atoms with Crippen LogP contribution >= 0.6 is 0 Å². The second kappa shape index (κ2) is 12.3. The number of carbonyl (C=O) groups is 2. The van der Waals surface area contributed by atoms with E-state index in [0.717, 1.165) is 32.4 Å². The average Bonchev–Trinajstić information content (AvgIpc) is 2.73. The SMILES string of the molecule is CC.CC(C)(C)OC(N)=O.Cc1cccc(CN2CCCCCC2=O)c1. The van der Waals surface area contributed by atoms with E-state index in [-0.39, 0.29) is 0 Å². The van der Waals surface area contributed by atoms with Crippen LogP contribution < -0.4 is 5.73 Å². The molecule has 0 radical (unpaired) electrons. The van der Waals surface area contributed by atoms with Crippen LogP contribution in [-0.2, 0) is 16.1 Å². The van der Waals surface area contributed by atoms with Gasteiger partial charge in [0.1, 0.15) is 5.60 Å². The molecule has 0 atom stereocenters. The quantitative estimate of drug-likeness (QED) is 0.819. The fourth-order valence-corrected chi connectivity index (χ4v) is 2.54. The van der Waals surface area contributed by atoms with Crippen LogP contribution in [0.5, 0.6) is 0 Å². The summed E-state index contributed by atoms with van der Waals surface area (Å²) in [7, 11) is 0. The number of ether oxygens (including phenoxy) is 1. The van der Waals surface area contributed by atoms with Crippen LogP contribution in [0.15, 0.2) is 24.3 Å². The van der Waals surface area contributed by atoms with Gasteiger partial charge in [0.05, 0.1) is 0 Å². The lowest BCUT2D eigenvalue weighted by Crippen LogP contribution is -2.29. The van der Waals surface area contributed by atoms with Crippen molar-refractivity contribution in [3.63, 3.8) is 0 Å². The first-order valence-electron chi connectivity index (χ1n) is 9.49. The van der Waals surface area contributed by atoms with Gasteiger partial charge in [-0.2, -0.15) is 0 Å². The second-order valence-electron chi connectivity index (χ2n) is 7.15. The highest BCUT2D eigenvalue weighted by Gasteiger charge is 2.16. The van der Waals surface area contributed by atoms with Crippen molar-refractivity contribution < 1.29 is 14.3 Å². The van der Waals surface area contributed by atoms with Crippen LogP contribution in [-0.4, -0.2) is 29.0 Å². The fourth-order valence-electron chi connectivity index (χ4n) is 2.54. The van der Waals surface area contributed by atoms with E-state index in [4.69, 9.17) is 5.73 Å². The Morgan fingerprint density at radius 2 is 1.85 bits per heavy atom. The van der Waals surface area contributed by atoms with Gasteiger partial charge in [-0.3, -0.25) is 4.79 Å². The van der Waals surface area contributed by atoms with E-state index in [1.807, 2.05) is 18.7 Å². The first-order chi connectivity index (χ1) is 12.2. The fraction of sp³-hybridized carbons (Fsp3) is 0.619. The molecule has 26 heavy (non-hydrogen) atoms. The summed E-state index contributed by atoms with van der Waals surface area (Å²) in [4.78, 5) is 23.8. The van der Waals surface area contributed by atoms with Gasteiger partial charge < -0.3 is 15.4 Å². The van der Waals surface area contributed by atoms with Crippen LogP contribution in [0.2, 0.25) is 0 Å². The largest absolute Gasteiger partial charge is 0.444 e. The summed E-state index contributed by atoms with van der Waals surface area (Å²) in [5.41, 5.74) is 6.77. The molecule has 1 heterocycles. The lowest BCUT2D eigenvalue weighted by molar-refractivity contribution is -0.131. The van der Waals surface area contributed by atoms with Crippen molar-refractivity contribution in [2.45, 2.75) is 79.4 Å². The summed E-state index contributed by atoms with van der Waals surface area (Å²) in [5, 5.41) is 0. The van der Waals surface area contributed by atoms with Crippen LogP contribution in [0.1, 0.15) is 71.4 Å². The molecule has 5 nitrogen and oxygen atoms in total. The van der Waals surface area contributed by atoms with Gasteiger partial charge in [-0.1, -0.05) is 50.1 Å². The summed E-state index contributed by atoms with van der Waals surface area (Å²) < 4.78 is 4.58. The van der Waals surface area contributed by atoms with Gasteiger partial charge in [-0.05, 0) is 46.1 Å². The number of likely N-dealkylation sites (tertiary alicyclic amines) is 1. The number of carbonyl (C=O) groups excluding carboxylic acids is 2. The number of aryl methyl sites for hydroxylation is 1. The molecule has 1 aliphatic heterocycles. The molecular weight excluding hydrogens is 328 g/mol. The Kier molecular flexibility index (Phi) is 11.4. The van der Waals surface area contributed by atoms with E-state index in [0.29, 0.717) is 5.91 Å². The first-order valence-corrected chi connectivity index (χ1v) is 9.49. The summed E-state index contributed by atoms with van der Waals surface area (Å²) in [5.74, 6) is 0.319. The van der Waals surface area contributed by atoms with Gasteiger partial charge in [-0.15, -0.1) is 0 Å². The molecule has 2 amide bonds. The molecule has 1 aromatic rings. The molecule has 0 aromatic heterocycles. The lowest BCUT2D eigenvalue weighted by Gasteiger charge is -2.20. The maximum atomic E-state index is 11.8. The van der Waals surface area contributed by atoms with Crippen LogP contribution in [0, 0.1) is 6.92 Å². The molecule has 0 saturated carbocycles. The van der Waals surface area contributed by atoms with E-state index >= 15 is 0 Å². The number of nitrogens with zero attached hydrogens (tertiary/aromatic N) is 1. The normalized spacial score (nSPS) is 14.2. The van der Waals surface area contributed by atoms with Gasteiger partial charge in [0, 0.05) is 19.5 Å². The van der Waals surface area contributed by atoms with Gasteiger partial charge >= 0.3 is 6.09 Å². The Bertz CT molecular complexity index is 550. The maximum Gasteiger partial charge on any atom is 0.405 e. The van der Waals surface area contributed by atoms with E-state index in [2.05, 4.69) is 35.9 Å². The smallest absolute Gasteiger partial charge is 0.405 e. The molecule has 2 N–H and O–H groups in total. The van der Waals surface area contributed by atoms with Crippen molar-refractivity contribution in [1.29, 1.82) is 0 Å². The number of hydrogen-bond donors (Lipinski definition) is 1. The van der Waals surface area contributed by atoms with Crippen LogP contribution in [0.25, 0.3) is 0 Å². The third-order valence-corrected chi connectivity index (χ3v) is 3.53. The lowest BCUT2D eigenvalue weighted by atomic mass is 10.1. The molecule has 1 fully saturated rings. The molecular formula is C21H36N2O3.